The first kappa shape index (κ1) is 17.4. The van der Waals surface area contributed by atoms with Crippen LogP contribution in [-0.4, -0.2) is 32.4 Å². The fourth-order valence-corrected chi connectivity index (χ4v) is 3.83. The van der Waals surface area contributed by atoms with Gasteiger partial charge in [0.05, 0.1) is 17.9 Å². The highest BCUT2D eigenvalue weighted by molar-refractivity contribution is 5.80. The van der Waals surface area contributed by atoms with Gasteiger partial charge in [0.25, 0.3) is 0 Å². The van der Waals surface area contributed by atoms with E-state index in [4.69, 9.17) is 4.52 Å². The Morgan fingerprint density at radius 1 is 1.14 bits per heavy atom. The predicted octanol–water partition coefficient (Wildman–Crippen LogP) is 4.02. The quantitative estimate of drug-likeness (QED) is 0.555. The van der Waals surface area contributed by atoms with Crippen molar-refractivity contribution in [1.82, 2.24) is 19.7 Å². The zero-order valence-corrected chi connectivity index (χ0v) is 15.8. The van der Waals surface area contributed by atoms with Crippen molar-refractivity contribution in [3.05, 3.63) is 67.1 Å². The number of hydrogen-bond donors (Lipinski definition) is 1. The van der Waals surface area contributed by atoms with Crippen molar-refractivity contribution >= 4 is 11.4 Å². The molecule has 0 amide bonds. The van der Waals surface area contributed by atoms with Crippen LogP contribution in [0.15, 0.2) is 65.8 Å². The summed E-state index contributed by atoms with van der Waals surface area (Å²) in [7, 11) is 0. The molecule has 0 spiro atoms. The van der Waals surface area contributed by atoms with Crippen molar-refractivity contribution in [2.24, 2.45) is 0 Å². The van der Waals surface area contributed by atoms with E-state index in [9.17, 15) is 4.39 Å². The summed E-state index contributed by atoms with van der Waals surface area (Å²) in [6.45, 7) is 3.63. The Morgan fingerprint density at radius 3 is 2.86 bits per heavy atom. The van der Waals surface area contributed by atoms with E-state index in [2.05, 4.69) is 38.3 Å². The van der Waals surface area contributed by atoms with E-state index in [1.807, 2.05) is 29.0 Å². The SMILES string of the molecule is CCN1c2ccc(-c3ncon3)cc2NC1Cn1ccnc1-c1cccc(F)c1. The number of likely N-dealkylation sites (N-methyl/N-ethyl adjacent to an activating group) is 1. The minimum Gasteiger partial charge on any atom is -0.362 e. The van der Waals surface area contributed by atoms with E-state index >= 15 is 0 Å². The van der Waals surface area contributed by atoms with Crippen molar-refractivity contribution in [1.29, 1.82) is 0 Å². The van der Waals surface area contributed by atoms with E-state index in [1.165, 1.54) is 18.5 Å². The summed E-state index contributed by atoms with van der Waals surface area (Å²) < 4.78 is 20.6. The van der Waals surface area contributed by atoms with E-state index in [0.717, 1.165) is 34.9 Å². The highest BCUT2D eigenvalue weighted by Crippen LogP contribution is 2.37. The number of rotatable bonds is 5. The fraction of sp³-hybridized carbons (Fsp3) is 0.190. The molecule has 0 saturated heterocycles. The number of hydrogen-bond acceptors (Lipinski definition) is 6. The number of imidazole rings is 1. The van der Waals surface area contributed by atoms with E-state index in [1.54, 1.807) is 12.3 Å². The molecule has 1 aliphatic heterocycles. The molecule has 8 heteroatoms. The third-order valence-corrected chi connectivity index (χ3v) is 5.13. The molecule has 5 rings (SSSR count). The summed E-state index contributed by atoms with van der Waals surface area (Å²) in [6, 6.07) is 12.6. The zero-order chi connectivity index (χ0) is 19.8. The minimum absolute atomic E-state index is 0.0389. The van der Waals surface area contributed by atoms with Gasteiger partial charge >= 0.3 is 0 Å². The summed E-state index contributed by atoms with van der Waals surface area (Å²) >= 11 is 0. The number of nitrogens with zero attached hydrogens (tertiary/aromatic N) is 5. The summed E-state index contributed by atoms with van der Waals surface area (Å²) in [5.41, 5.74) is 3.79. The lowest BCUT2D eigenvalue weighted by Crippen LogP contribution is -2.39. The monoisotopic (exact) mass is 390 g/mol. The molecule has 29 heavy (non-hydrogen) atoms. The van der Waals surface area contributed by atoms with Gasteiger partial charge in [-0.05, 0) is 37.3 Å². The Morgan fingerprint density at radius 2 is 2.07 bits per heavy atom. The summed E-state index contributed by atoms with van der Waals surface area (Å²) in [6.07, 6.45) is 5.03. The van der Waals surface area contributed by atoms with Gasteiger partial charge < -0.3 is 19.3 Å². The maximum Gasteiger partial charge on any atom is 0.214 e. The van der Waals surface area contributed by atoms with Crippen molar-refractivity contribution in [2.45, 2.75) is 19.6 Å². The molecule has 1 unspecified atom stereocenters. The predicted molar refractivity (Wildman–Crippen MR) is 108 cm³/mol. The molecular formula is C21H19FN6O. The Hall–Kier alpha value is -3.68. The number of anilines is 2. The lowest BCUT2D eigenvalue weighted by Gasteiger charge is -2.26. The first-order chi connectivity index (χ1) is 14.2. The maximum atomic E-state index is 13.7. The molecule has 0 saturated carbocycles. The molecule has 0 fully saturated rings. The number of fused-ring (bicyclic) bond motifs is 1. The highest BCUT2D eigenvalue weighted by Gasteiger charge is 2.29. The Labute approximate surface area is 166 Å². The van der Waals surface area contributed by atoms with Crippen LogP contribution in [-0.2, 0) is 6.54 Å². The highest BCUT2D eigenvalue weighted by atomic mass is 19.1. The number of halogens is 1. The smallest absolute Gasteiger partial charge is 0.214 e. The Kier molecular flexibility index (Phi) is 4.23. The molecule has 1 atom stereocenters. The summed E-state index contributed by atoms with van der Waals surface area (Å²) in [5.74, 6) is 1.03. The fourth-order valence-electron chi connectivity index (χ4n) is 3.83. The largest absolute Gasteiger partial charge is 0.362 e. The van der Waals surface area contributed by atoms with E-state index < -0.39 is 0 Å². The molecule has 7 nitrogen and oxygen atoms in total. The van der Waals surface area contributed by atoms with Crippen LogP contribution in [0, 0.1) is 5.82 Å². The standard InChI is InChI=1S/C21H19FN6O/c1-2-28-18-7-6-14(20-24-13-29-26-20)11-17(18)25-19(28)12-27-9-8-23-21(27)15-4-3-5-16(22)10-15/h3-11,13,19,25H,2,12H2,1H3. The molecule has 0 bridgehead atoms. The van der Waals surface area contributed by atoms with Gasteiger partial charge in [-0.1, -0.05) is 17.3 Å². The van der Waals surface area contributed by atoms with Crippen LogP contribution in [0.5, 0.6) is 0 Å². The first-order valence-corrected chi connectivity index (χ1v) is 9.44. The third-order valence-electron chi connectivity index (χ3n) is 5.13. The van der Waals surface area contributed by atoms with E-state index in [0.29, 0.717) is 12.4 Å². The van der Waals surface area contributed by atoms with Crippen LogP contribution < -0.4 is 10.2 Å². The van der Waals surface area contributed by atoms with Crippen LogP contribution in [0.3, 0.4) is 0 Å². The molecule has 0 aliphatic carbocycles. The average molecular weight is 390 g/mol. The Balaban J connectivity index is 1.43. The lowest BCUT2D eigenvalue weighted by molar-refractivity contribution is 0.419. The average Bonchev–Trinajstić information content (AvgIpc) is 3.47. The van der Waals surface area contributed by atoms with Gasteiger partial charge in [0.15, 0.2) is 0 Å². The van der Waals surface area contributed by atoms with Crippen molar-refractivity contribution < 1.29 is 8.91 Å². The normalized spacial score (nSPS) is 15.4. The van der Waals surface area contributed by atoms with Gasteiger partial charge in [-0.15, -0.1) is 0 Å². The number of aromatic nitrogens is 4. The number of benzene rings is 2. The van der Waals surface area contributed by atoms with Gasteiger partial charge in [-0.3, -0.25) is 0 Å². The topological polar surface area (TPSA) is 72.0 Å². The van der Waals surface area contributed by atoms with Crippen molar-refractivity contribution in [3.63, 3.8) is 0 Å². The molecule has 146 valence electrons. The first-order valence-electron chi connectivity index (χ1n) is 9.44. The van der Waals surface area contributed by atoms with Crippen LogP contribution in [0.2, 0.25) is 0 Å². The maximum absolute atomic E-state index is 13.7. The molecule has 2 aromatic carbocycles. The molecule has 1 aliphatic rings. The van der Waals surface area contributed by atoms with Crippen LogP contribution in [0.1, 0.15) is 6.92 Å². The third kappa shape index (κ3) is 3.12. The second kappa shape index (κ2) is 7.05. The van der Waals surface area contributed by atoms with Crippen LogP contribution in [0.4, 0.5) is 15.8 Å². The molecule has 0 radical (unpaired) electrons. The summed E-state index contributed by atoms with van der Waals surface area (Å²) in [4.78, 5) is 10.9. The van der Waals surface area contributed by atoms with Crippen molar-refractivity contribution in [3.8, 4) is 22.8 Å². The summed E-state index contributed by atoms with van der Waals surface area (Å²) in [5, 5.41) is 7.50. The molecular weight excluding hydrogens is 371 g/mol. The van der Waals surface area contributed by atoms with Crippen molar-refractivity contribution in [2.75, 3.05) is 16.8 Å². The van der Waals surface area contributed by atoms with Gasteiger partial charge in [0.1, 0.15) is 17.8 Å². The van der Waals surface area contributed by atoms with Crippen LogP contribution >= 0.6 is 0 Å². The van der Waals surface area contributed by atoms with Gasteiger partial charge in [-0.25, -0.2) is 9.37 Å². The van der Waals surface area contributed by atoms with Gasteiger partial charge in [0.2, 0.25) is 12.2 Å². The minimum atomic E-state index is -0.271. The zero-order valence-electron chi connectivity index (χ0n) is 15.8. The molecule has 3 heterocycles. The second-order valence-corrected chi connectivity index (χ2v) is 6.85. The van der Waals surface area contributed by atoms with Crippen LogP contribution in [0.25, 0.3) is 22.8 Å². The molecule has 1 N–H and O–H groups in total. The van der Waals surface area contributed by atoms with E-state index in [-0.39, 0.29) is 12.0 Å². The number of nitrogens with one attached hydrogen (secondary N) is 1. The van der Waals surface area contributed by atoms with Gasteiger partial charge in [0, 0.05) is 30.1 Å². The van der Waals surface area contributed by atoms with Gasteiger partial charge in [-0.2, -0.15) is 4.98 Å². The molecule has 4 aromatic rings. The second-order valence-electron chi connectivity index (χ2n) is 6.85. The Bertz CT molecular complexity index is 1140. The lowest BCUT2D eigenvalue weighted by atomic mass is 10.1. The molecule has 2 aromatic heterocycles.